The van der Waals surface area contributed by atoms with Crippen LogP contribution in [0.4, 0.5) is 0 Å². The van der Waals surface area contributed by atoms with Crippen molar-refractivity contribution in [2.24, 2.45) is 5.10 Å². The fourth-order valence-corrected chi connectivity index (χ4v) is 3.08. The number of carbonyl (C=O) groups excluding carboxylic acids is 1. The van der Waals surface area contributed by atoms with Crippen molar-refractivity contribution in [1.29, 1.82) is 0 Å². The summed E-state index contributed by atoms with van der Waals surface area (Å²) in [5.41, 5.74) is 3.03. The van der Waals surface area contributed by atoms with Crippen LogP contribution in [0.2, 0.25) is 19.4 Å². The maximum absolute atomic E-state index is 11.8. The Morgan fingerprint density at radius 1 is 1.17 bits per heavy atom. The van der Waals surface area contributed by atoms with Crippen LogP contribution in [0.15, 0.2) is 29.4 Å². The molecule has 0 aliphatic rings. The first-order valence-electron chi connectivity index (χ1n) is 6.23. The molecule has 0 unspecified atom stereocenters. The van der Waals surface area contributed by atoms with E-state index in [4.69, 9.17) is 51.1 Å². The van der Waals surface area contributed by atoms with E-state index in [1.54, 1.807) is 13.0 Å². The Balaban J connectivity index is 1.92. The molecule has 2 aromatic rings. The molecule has 1 amide bonds. The van der Waals surface area contributed by atoms with E-state index in [0.29, 0.717) is 15.1 Å². The number of nitrogens with one attached hydrogen (secondary N) is 1. The Morgan fingerprint density at radius 3 is 2.52 bits per heavy atom. The molecule has 2 rings (SSSR count). The zero-order valence-corrected chi connectivity index (χ0v) is 15.5. The topological polar surface area (TPSA) is 50.7 Å². The van der Waals surface area contributed by atoms with Crippen molar-refractivity contribution in [2.45, 2.75) is 6.92 Å². The van der Waals surface area contributed by atoms with Gasteiger partial charge in [-0.25, -0.2) is 5.43 Å². The van der Waals surface area contributed by atoms with Crippen molar-refractivity contribution >= 4 is 69.4 Å². The second-order valence-corrected chi connectivity index (χ2v) is 7.26. The van der Waals surface area contributed by atoms with Gasteiger partial charge >= 0.3 is 0 Å². The lowest BCUT2D eigenvalue weighted by Gasteiger charge is -2.08. The first-order chi connectivity index (χ1) is 10.9. The van der Waals surface area contributed by atoms with Gasteiger partial charge in [-0.05, 0) is 25.1 Å². The van der Waals surface area contributed by atoms with E-state index in [0.717, 1.165) is 4.88 Å². The van der Waals surface area contributed by atoms with Crippen LogP contribution in [0, 0.1) is 0 Å². The predicted molar refractivity (Wildman–Crippen MR) is 96.6 cm³/mol. The van der Waals surface area contributed by atoms with Crippen LogP contribution >= 0.6 is 57.7 Å². The van der Waals surface area contributed by atoms with Gasteiger partial charge in [0.05, 0.1) is 30.0 Å². The molecule has 0 bridgehead atoms. The summed E-state index contributed by atoms with van der Waals surface area (Å²) in [5, 5.41) is 4.84. The summed E-state index contributed by atoms with van der Waals surface area (Å²) in [6.45, 7) is 1.50. The SMILES string of the molecule is C/C(=N\NC(=O)COc1cc(Cl)c(Cl)cc1Cl)c1ccc(Cl)s1. The van der Waals surface area contributed by atoms with Crippen LogP contribution in [0.3, 0.4) is 0 Å². The van der Waals surface area contributed by atoms with Crippen molar-refractivity contribution in [1.82, 2.24) is 5.43 Å². The van der Waals surface area contributed by atoms with Gasteiger partial charge in [0, 0.05) is 6.07 Å². The molecular weight excluding hydrogens is 402 g/mol. The molecule has 4 nitrogen and oxygen atoms in total. The zero-order valence-electron chi connectivity index (χ0n) is 11.7. The number of halogens is 4. The van der Waals surface area contributed by atoms with Crippen LogP contribution < -0.4 is 10.2 Å². The fourth-order valence-electron chi connectivity index (χ4n) is 1.50. The summed E-state index contributed by atoms with van der Waals surface area (Å²) in [7, 11) is 0. The van der Waals surface area contributed by atoms with Crippen molar-refractivity contribution in [2.75, 3.05) is 6.61 Å². The highest BCUT2D eigenvalue weighted by Gasteiger charge is 2.09. The first kappa shape index (κ1) is 18.4. The average Bonchev–Trinajstić information content (AvgIpc) is 2.93. The minimum absolute atomic E-state index is 0.264. The summed E-state index contributed by atoms with van der Waals surface area (Å²) >= 11 is 24.9. The van der Waals surface area contributed by atoms with E-state index in [1.165, 1.54) is 23.5 Å². The van der Waals surface area contributed by atoms with Gasteiger partial charge in [0.2, 0.25) is 0 Å². The summed E-state index contributed by atoms with van der Waals surface area (Å²) in [6.07, 6.45) is 0. The monoisotopic (exact) mass is 410 g/mol. The number of nitrogens with zero attached hydrogens (tertiary/aromatic N) is 1. The van der Waals surface area contributed by atoms with Crippen LogP contribution in [-0.4, -0.2) is 18.2 Å². The largest absolute Gasteiger partial charge is 0.482 e. The second kappa shape index (κ2) is 8.22. The number of thiophene rings is 1. The smallest absolute Gasteiger partial charge is 0.277 e. The lowest BCUT2D eigenvalue weighted by Crippen LogP contribution is -2.25. The third-order valence-electron chi connectivity index (χ3n) is 2.61. The Hall–Kier alpha value is -0.980. The van der Waals surface area contributed by atoms with Crippen LogP contribution in [0.1, 0.15) is 11.8 Å². The Bertz CT molecular complexity index is 761. The normalized spacial score (nSPS) is 11.4. The molecular formula is C14H10Cl4N2O2S. The molecule has 23 heavy (non-hydrogen) atoms. The third kappa shape index (κ3) is 5.26. The Kier molecular flexibility index (Phi) is 6.56. The van der Waals surface area contributed by atoms with Crippen molar-refractivity contribution in [3.05, 3.63) is 48.5 Å². The van der Waals surface area contributed by atoms with Gasteiger partial charge in [0.15, 0.2) is 6.61 Å². The average molecular weight is 412 g/mol. The molecule has 122 valence electrons. The maximum Gasteiger partial charge on any atom is 0.277 e. The van der Waals surface area contributed by atoms with Gasteiger partial charge in [-0.1, -0.05) is 46.4 Å². The number of benzene rings is 1. The number of amides is 1. The van der Waals surface area contributed by atoms with Crippen LogP contribution in [0.5, 0.6) is 5.75 Å². The number of carbonyl (C=O) groups is 1. The number of hydrogen-bond donors (Lipinski definition) is 1. The van der Waals surface area contributed by atoms with Gasteiger partial charge in [-0.15, -0.1) is 11.3 Å². The van der Waals surface area contributed by atoms with E-state index in [-0.39, 0.29) is 22.4 Å². The molecule has 0 radical (unpaired) electrons. The first-order valence-corrected chi connectivity index (χ1v) is 8.56. The second-order valence-electron chi connectivity index (χ2n) is 4.32. The predicted octanol–water partition coefficient (Wildman–Crippen LogP) is 5.28. The van der Waals surface area contributed by atoms with Crippen molar-refractivity contribution in [3.63, 3.8) is 0 Å². The molecule has 0 aliphatic carbocycles. The third-order valence-corrected chi connectivity index (χ3v) is 4.97. The van der Waals surface area contributed by atoms with Gasteiger partial charge < -0.3 is 4.74 Å². The molecule has 0 spiro atoms. The quantitative estimate of drug-likeness (QED) is 0.413. The molecule has 0 saturated heterocycles. The molecule has 0 aliphatic heterocycles. The summed E-state index contributed by atoms with van der Waals surface area (Å²) < 4.78 is 5.95. The fraction of sp³-hybridized carbons (Fsp3) is 0.143. The minimum atomic E-state index is -0.436. The van der Waals surface area contributed by atoms with Crippen molar-refractivity contribution < 1.29 is 9.53 Å². The minimum Gasteiger partial charge on any atom is -0.482 e. The number of hydrogen-bond acceptors (Lipinski definition) is 4. The number of hydrazone groups is 1. The van der Waals surface area contributed by atoms with E-state index in [2.05, 4.69) is 10.5 Å². The highest BCUT2D eigenvalue weighted by molar-refractivity contribution is 7.18. The Morgan fingerprint density at radius 2 is 1.87 bits per heavy atom. The van der Waals surface area contributed by atoms with Crippen molar-refractivity contribution in [3.8, 4) is 5.75 Å². The molecule has 0 saturated carbocycles. The molecule has 1 aromatic heterocycles. The standard InChI is InChI=1S/C14H10Cl4N2O2S/c1-7(12-2-3-13(18)23-12)19-20-14(21)6-22-11-5-9(16)8(15)4-10(11)17/h2-5H,6H2,1H3,(H,20,21)/b19-7+. The Labute approximate surface area is 156 Å². The number of rotatable bonds is 5. The molecule has 0 atom stereocenters. The molecule has 0 fully saturated rings. The van der Waals surface area contributed by atoms with Gasteiger partial charge in [0.1, 0.15) is 5.75 Å². The van der Waals surface area contributed by atoms with Crippen LogP contribution in [0.25, 0.3) is 0 Å². The summed E-state index contributed by atoms with van der Waals surface area (Å²) in [6, 6.07) is 6.48. The lowest BCUT2D eigenvalue weighted by atomic mass is 10.3. The van der Waals surface area contributed by atoms with Gasteiger partial charge in [-0.2, -0.15) is 5.10 Å². The highest BCUT2D eigenvalue weighted by atomic mass is 35.5. The van der Waals surface area contributed by atoms with E-state index >= 15 is 0 Å². The van der Waals surface area contributed by atoms with E-state index < -0.39 is 5.91 Å². The van der Waals surface area contributed by atoms with Gasteiger partial charge in [-0.3, -0.25) is 4.79 Å². The van der Waals surface area contributed by atoms with E-state index in [1.807, 2.05) is 6.07 Å². The summed E-state index contributed by atoms with van der Waals surface area (Å²) in [5.74, 6) is -0.170. The molecule has 1 aromatic carbocycles. The number of ether oxygens (including phenoxy) is 1. The van der Waals surface area contributed by atoms with E-state index in [9.17, 15) is 4.79 Å². The molecule has 1 heterocycles. The lowest BCUT2D eigenvalue weighted by molar-refractivity contribution is -0.123. The summed E-state index contributed by atoms with van der Waals surface area (Å²) in [4.78, 5) is 12.6. The highest BCUT2D eigenvalue weighted by Crippen LogP contribution is 2.33. The molecule has 9 heteroatoms. The van der Waals surface area contributed by atoms with Crippen LogP contribution in [-0.2, 0) is 4.79 Å². The van der Waals surface area contributed by atoms with Gasteiger partial charge in [0.25, 0.3) is 5.91 Å². The zero-order chi connectivity index (χ0) is 17.0. The maximum atomic E-state index is 11.8. The molecule has 1 N–H and O–H groups in total.